The molecule has 0 aliphatic carbocycles. The molecule has 4 aromatic rings. The summed E-state index contributed by atoms with van der Waals surface area (Å²) in [5.41, 5.74) is 4.53. The van der Waals surface area contributed by atoms with E-state index in [9.17, 15) is 9.59 Å². The summed E-state index contributed by atoms with van der Waals surface area (Å²) in [6, 6.07) is 12.7. The van der Waals surface area contributed by atoms with E-state index in [4.69, 9.17) is 0 Å². The van der Waals surface area contributed by atoms with Crippen molar-refractivity contribution in [2.75, 3.05) is 10.6 Å². The van der Waals surface area contributed by atoms with Gasteiger partial charge in [0.25, 0.3) is 5.56 Å². The fourth-order valence-electron chi connectivity index (χ4n) is 3.27. The molecule has 0 unspecified atom stereocenters. The first kappa shape index (κ1) is 18.9. The summed E-state index contributed by atoms with van der Waals surface area (Å²) in [7, 11) is 1.76. The van der Waals surface area contributed by atoms with Gasteiger partial charge in [-0.3, -0.25) is 15.1 Å². The molecule has 6 nitrogen and oxygen atoms in total. The molecule has 0 saturated heterocycles. The average Bonchev–Trinajstić information content (AvgIpc) is 3.19. The molecule has 0 saturated carbocycles. The first-order valence-electron chi connectivity index (χ1n) is 9.11. The number of carbonyl (C=O) groups is 1. The van der Waals surface area contributed by atoms with Gasteiger partial charge >= 0.3 is 6.03 Å². The van der Waals surface area contributed by atoms with Gasteiger partial charge in [0.15, 0.2) is 0 Å². The summed E-state index contributed by atoms with van der Waals surface area (Å²) in [6.07, 6.45) is 1.78. The highest BCUT2D eigenvalue weighted by molar-refractivity contribution is 7.14. The molecule has 0 fully saturated rings. The summed E-state index contributed by atoms with van der Waals surface area (Å²) in [5, 5.41) is 9.17. The lowest BCUT2D eigenvalue weighted by atomic mass is 9.99. The quantitative estimate of drug-likeness (QED) is 0.509. The summed E-state index contributed by atoms with van der Waals surface area (Å²) in [5.74, 6) is 0. The molecular formula is C22H20N4O2S. The van der Waals surface area contributed by atoms with Crippen molar-refractivity contribution in [1.29, 1.82) is 0 Å². The van der Waals surface area contributed by atoms with Crippen LogP contribution in [-0.2, 0) is 7.05 Å². The van der Waals surface area contributed by atoms with Crippen molar-refractivity contribution in [3.8, 4) is 11.1 Å². The Bertz CT molecular complexity index is 1280. The van der Waals surface area contributed by atoms with E-state index in [1.165, 1.54) is 11.3 Å². The molecule has 0 radical (unpaired) electrons. The van der Waals surface area contributed by atoms with Crippen LogP contribution in [0.15, 0.2) is 58.8 Å². The Labute approximate surface area is 171 Å². The molecule has 7 heteroatoms. The van der Waals surface area contributed by atoms with Crippen LogP contribution >= 0.6 is 11.3 Å². The number of benzene rings is 1. The van der Waals surface area contributed by atoms with Crippen molar-refractivity contribution >= 4 is 39.0 Å². The van der Waals surface area contributed by atoms with Gasteiger partial charge < -0.3 is 9.88 Å². The normalized spacial score (nSPS) is 10.9. The molecule has 0 bridgehead atoms. The Morgan fingerprint density at radius 2 is 1.90 bits per heavy atom. The summed E-state index contributed by atoms with van der Waals surface area (Å²) in [4.78, 5) is 29.6. The van der Waals surface area contributed by atoms with Gasteiger partial charge in [0.05, 0.1) is 10.5 Å². The molecular weight excluding hydrogens is 384 g/mol. The van der Waals surface area contributed by atoms with Crippen molar-refractivity contribution in [3.63, 3.8) is 0 Å². The highest BCUT2D eigenvalue weighted by Gasteiger charge is 2.13. The number of thiophene rings is 1. The smallest absolute Gasteiger partial charge is 0.311 e. The second-order valence-corrected chi connectivity index (χ2v) is 7.84. The number of anilines is 2. The van der Waals surface area contributed by atoms with Crippen molar-refractivity contribution in [2.24, 2.45) is 7.05 Å². The van der Waals surface area contributed by atoms with E-state index >= 15 is 0 Å². The van der Waals surface area contributed by atoms with Gasteiger partial charge in [0, 0.05) is 35.6 Å². The SMILES string of the molecule is Cc1cc2c(cn1)cc(-c1cc(NC(=O)Nc3cccs3)ccc1C)c(=O)n2C. The molecule has 3 aromatic heterocycles. The van der Waals surface area contributed by atoms with E-state index in [0.717, 1.165) is 32.7 Å². The number of carbonyl (C=O) groups excluding carboxylic acids is 1. The monoisotopic (exact) mass is 404 g/mol. The minimum Gasteiger partial charge on any atom is -0.311 e. The zero-order chi connectivity index (χ0) is 20.5. The van der Waals surface area contributed by atoms with Crippen LogP contribution in [0, 0.1) is 13.8 Å². The van der Waals surface area contributed by atoms with Gasteiger partial charge in [-0.1, -0.05) is 6.07 Å². The van der Waals surface area contributed by atoms with Crippen LogP contribution in [0.2, 0.25) is 0 Å². The van der Waals surface area contributed by atoms with Crippen LogP contribution in [0.5, 0.6) is 0 Å². The standard InChI is InChI=1S/C22H20N4O2S/c1-13-6-7-16(24-22(28)25-20-5-4-8-29-20)11-17(13)18-10-15-12-23-14(2)9-19(15)26(3)21(18)27/h4-12H,1-3H3,(H2,24,25,28). The van der Waals surface area contributed by atoms with Gasteiger partial charge in [-0.2, -0.15) is 0 Å². The lowest BCUT2D eigenvalue weighted by Gasteiger charge is -2.13. The first-order chi connectivity index (χ1) is 13.9. The molecule has 0 atom stereocenters. The second kappa shape index (κ2) is 7.52. The topological polar surface area (TPSA) is 76.0 Å². The van der Waals surface area contributed by atoms with Gasteiger partial charge in [0.2, 0.25) is 0 Å². The summed E-state index contributed by atoms with van der Waals surface area (Å²) < 4.78 is 1.64. The Kier molecular flexibility index (Phi) is 4.90. The Morgan fingerprint density at radius 1 is 1.07 bits per heavy atom. The van der Waals surface area contributed by atoms with Gasteiger partial charge in [-0.05, 0) is 66.8 Å². The van der Waals surface area contributed by atoms with E-state index in [-0.39, 0.29) is 11.6 Å². The fraction of sp³-hybridized carbons (Fsp3) is 0.136. The van der Waals surface area contributed by atoms with Crippen LogP contribution < -0.4 is 16.2 Å². The molecule has 0 spiro atoms. The van der Waals surface area contributed by atoms with Crippen molar-refractivity contribution in [3.05, 3.63) is 75.7 Å². The Hall–Kier alpha value is -3.45. The lowest BCUT2D eigenvalue weighted by Crippen LogP contribution is -2.20. The zero-order valence-corrected chi connectivity index (χ0v) is 17.1. The molecule has 3 heterocycles. The summed E-state index contributed by atoms with van der Waals surface area (Å²) in [6.45, 7) is 3.85. The number of amides is 2. The maximum absolute atomic E-state index is 13.0. The molecule has 146 valence electrons. The minimum absolute atomic E-state index is 0.0913. The van der Waals surface area contributed by atoms with E-state index in [1.807, 2.05) is 61.7 Å². The molecule has 1 aromatic carbocycles. The Morgan fingerprint density at radius 3 is 2.66 bits per heavy atom. The van der Waals surface area contributed by atoms with Crippen molar-refractivity contribution in [2.45, 2.75) is 13.8 Å². The average molecular weight is 404 g/mol. The van der Waals surface area contributed by atoms with Crippen LogP contribution in [0.1, 0.15) is 11.3 Å². The number of rotatable bonds is 3. The van der Waals surface area contributed by atoms with Gasteiger partial charge in [-0.25, -0.2) is 4.79 Å². The number of nitrogens with zero attached hydrogens (tertiary/aromatic N) is 2. The van der Waals surface area contributed by atoms with Gasteiger partial charge in [0.1, 0.15) is 0 Å². The molecule has 0 aliphatic heterocycles. The van der Waals surface area contributed by atoms with E-state index in [0.29, 0.717) is 11.3 Å². The van der Waals surface area contributed by atoms with Gasteiger partial charge in [-0.15, -0.1) is 11.3 Å². The molecule has 0 aliphatic rings. The number of hydrogen-bond acceptors (Lipinski definition) is 4. The predicted molar refractivity (Wildman–Crippen MR) is 119 cm³/mol. The molecule has 2 amide bonds. The van der Waals surface area contributed by atoms with Crippen molar-refractivity contribution < 1.29 is 4.79 Å². The number of fused-ring (bicyclic) bond motifs is 1. The van der Waals surface area contributed by atoms with E-state index < -0.39 is 0 Å². The third-order valence-electron chi connectivity index (χ3n) is 4.79. The van der Waals surface area contributed by atoms with E-state index in [1.54, 1.807) is 17.8 Å². The van der Waals surface area contributed by atoms with E-state index in [2.05, 4.69) is 15.6 Å². The highest BCUT2D eigenvalue weighted by atomic mass is 32.1. The second-order valence-electron chi connectivity index (χ2n) is 6.89. The number of urea groups is 1. The maximum Gasteiger partial charge on any atom is 0.324 e. The fourth-order valence-corrected chi connectivity index (χ4v) is 3.88. The lowest BCUT2D eigenvalue weighted by molar-refractivity contribution is 0.262. The number of pyridine rings is 2. The van der Waals surface area contributed by atoms with Crippen LogP contribution in [-0.4, -0.2) is 15.6 Å². The minimum atomic E-state index is -0.326. The largest absolute Gasteiger partial charge is 0.324 e. The predicted octanol–water partition coefficient (Wildman–Crippen LogP) is 4.92. The molecule has 29 heavy (non-hydrogen) atoms. The highest BCUT2D eigenvalue weighted by Crippen LogP contribution is 2.27. The molecule has 4 rings (SSSR count). The number of aryl methyl sites for hydroxylation is 3. The third-order valence-corrected chi connectivity index (χ3v) is 5.57. The van der Waals surface area contributed by atoms with Crippen molar-refractivity contribution in [1.82, 2.24) is 9.55 Å². The zero-order valence-electron chi connectivity index (χ0n) is 16.3. The van der Waals surface area contributed by atoms with Crippen LogP contribution in [0.4, 0.5) is 15.5 Å². The number of aromatic nitrogens is 2. The van der Waals surface area contributed by atoms with Crippen LogP contribution in [0.25, 0.3) is 22.0 Å². The molecule has 2 N–H and O–H groups in total. The number of nitrogens with one attached hydrogen (secondary N) is 2. The summed E-state index contributed by atoms with van der Waals surface area (Å²) >= 11 is 1.45. The third kappa shape index (κ3) is 3.77. The first-order valence-corrected chi connectivity index (χ1v) is 9.99. The number of hydrogen-bond donors (Lipinski definition) is 2. The Balaban J connectivity index is 1.73. The maximum atomic E-state index is 13.0. The van der Waals surface area contributed by atoms with Crippen LogP contribution in [0.3, 0.4) is 0 Å².